The van der Waals surface area contributed by atoms with Crippen molar-refractivity contribution in [2.24, 2.45) is 0 Å². The average molecular weight is 328 g/mol. The normalized spacial score (nSPS) is 11.6. The van der Waals surface area contributed by atoms with Gasteiger partial charge in [0, 0.05) is 11.2 Å². The Bertz CT molecular complexity index is 736. The number of nitrogens with zero attached hydrogens (tertiary/aromatic N) is 2. The summed E-state index contributed by atoms with van der Waals surface area (Å²) in [5.41, 5.74) is 1.50. The lowest BCUT2D eigenvalue weighted by atomic mass is 10.1. The summed E-state index contributed by atoms with van der Waals surface area (Å²) in [6, 6.07) is 4.52. The van der Waals surface area contributed by atoms with Crippen molar-refractivity contribution in [1.82, 2.24) is 14.7 Å². The van der Waals surface area contributed by atoms with Crippen molar-refractivity contribution >= 4 is 21.6 Å². The highest BCUT2D eigenvalue weighted by atomic mass is 35.5. The van der Waals surface area contributed by atoms with Crippen LogP contribution in [0.1, 0.15) is 16.8 Å². The highest BCUT2D eigenvalue weighted by molar-refractivity contribution is 7.89. The standard InChI is InChI=1S/C13H14ClN3O3S/c1-9-10(7-18)4-11(14)5-13(9)21(19,20)17-6-12-2-3-15-8-16-12/h2-5,8,17-18H,6-7H2,1H3. The van der Waals surface area contributed by atoms with Crippen LogP contribution in [0.5, 0.6) is 0 Å². The molecule has 0 spiro atoms. The molecule has 2 aromatic rings. The molecule has 0 saturated heterocycles. The lowest BCUT2D eigenvalue weighted by Gasteiger charge is -2.12. The number of hydrogen-bond donors (Lipinski definition) is 2. The molecule has 0 bridgehead atoms. The summed E-state index contributed by atoms with van der Waals surface area (Å²) in [7, 11) is -3.75. The van der Waals surface area contributed by atoms with E-state index in [-0.39, 0.29) is 23.1 Å². The van der Waals surface area contributed by atoms with Crippen LogP contribution in [0.3, 0.4) is 0 Å². The number of hydrogen-bond acceptors (Lipinski definition) is 5. The minimum atomic E-state index is -3.75. The molecule has 1 aromatic heterocycles. The van der Waals surface area contributed by atoms with E-state index in [1.54, 1.807) is 19.1 Å². The van der Waals surface area contributed by atoms with E-state index >= 15 is 0 Å². The zero-order valence-corrected chi connectivity index (χ0v) is 12.8. The van der Waals surface area contributed by atoms with Gasteiger partial charge in [-0.2, -0.15) is 0 Å². The van der Waals surface area contributed by atoms with E-state index in [2.05, 4.69) is 14.7 Å². The highest BCUT2D eigenvalue weighted by Gasteiger charge is 2.19. The molecule has 0 saturated carbocycles. The zero-order chi connectivity index (χ0) is 15.5. The Morgan fingerprint density at radius 1 is 1.38 bits per heavy atom. The number of aromatic nitrogens is 2. The second-order valence-electron chi connectivity index (χ2n) is 4.37. The van der Waals surface area contributed by atoms with Crippen molar-refractivity contribution < 1.29 is 13.5 Å². The third-order valence-corrected chi connectivity index (χ3v) is 4.72. The van der Waals surface area contributed by atoms with Gasteiger partial charge in [0.15, 0.2) is 0 Å². The van der Waals surface area contributed by atoms with Gasteiger partial charge in [0.05, 0.1) is 23.7 Å². The number of sulfonamides is 1. The minimum absolute atomic E-state index is 0.0469. The number of aliphatic hydroxyl groups is 1. The van der Waals surface area contributed by atoms with Gasteiger partial charge in [-0.3, -0.25) is 0 Å². The van der Waals surface area contributed by atoms with Crippen LogP contribution in [0.4, 0.5) is 0 Å². The van der Waals surface area contributed by atoms with Crippen molar-refractivity contribution in [1.29, 1.82) is 0 Å². The fraction of sp³-hybridized carbons (Fsp3) is 0.231. The topological polar surface area (TPSA) is 92.2 Å². The monoisotopic (exact) mass is 327 g/mol. The van der Waals surface area contributed by atoms with Gasteiger partial charge in [-0.1, -0.05) is 11.6 Å². The zero-order valence-electron chi connectivity index (χ0n) is 11.2. The molecule has 0 radical (unpaired) electrons. The minimum Gasteiger partial charge on any atom is -0.392 e. The van der Waals surface area contributed by atoms with Crippen LogP contribution < -0.4 is 4.72 Å². The van der Waals surface area contributed by atoms with Crippen molar-refractivity contribution in [3.8, 4) is 0 Å². The molecule has 0 atom stereocenters. The quantitative estimate of drug-likeness (QED) is 0.866. The molecule has 1 aromatic carbocycles. The van der Waals surface area contributed by atoms with Crippen molar-refractivity contribution in [2.45, 2.75) is 25.0 Å². The first kappa shape index (κ1) is 15.8. The van der Waals surface area contributed by atoms with Gasteiger partial charge >= 0.3 is 0 Å². The maximum absolute atomic E-state index is 12.4. The van der Waals surface area contributed by atoms with Gasteiger partial charge in [-0.05, 0) is 36.2 Å². The predicted octanol–water partition coefficient (Wildman–Crippen LogP) is 1.41. The Kier molecular flexibility index (Phi) is 4.89. The van der Waals surface area contributed by atoms with Crippen molar-refractivity contribution in [3.05, 3.63) is 52.6 Å². The molecule has 21 heavy (non-hydrogen) atoms. The number of benzene rings is 1. The van der Waals surface area contributed by atoms with E-state index in [0.717, 1.165) is 0 Å². The maximum Gasteiger partial charge on any atom is 0.241 e. The Morgan fingerprint density at radius 3 is 2.76 bits per heavy atom. The third kappa shape index (κ3) is 3.76. The molecule has 0 aliphatic carbocycles. The number of rotatable bonds is 5. The molecule has 0 amide bonds. The molecule has 0 aliphatic rings. The molecule has 0 fully saturated rings. The Balaban J connectivity index is 2.30. The average Bonchev–Trinajstić information content (AvgIpc) is 2.48. The molecule has 0 aliphatic heterocycles. The van der Waals surface area contributed by atoms with E-state index in [1.807, 2.05) is 0 Å². The maximum atomic E-state index is 12.4. The van der Waals surface area contributed by atoms with Crippen LogP contribution in [-0.2, 0) is 23.2 Å². The fourth-order valence-corrected chi connectivity index (χ4v) is 3.44. The summed E-state index contributed by atoms with van der Waals surface area (Å²) < 4.78 is 27.2. The van der Waals surface area contributed by atoms with Gasteiger partial charge in [0.2, 0.25) is 10.0 Å². The fourth-order valence-electron chi connectivity index (χ4n) is 1.82. The highest BCUT2D eigenvalue weighted by Crippen LogP contribution is 2.24. The number of nitrogens with one attached hydrogen (secondary N) is 1. The first-order chi connectivity index (χ1) is 9.94. The predicted molar refractivity (Wildman–Crippen MR) is 78.2 cm³/mol. The Labute approximate surface area is 127 Å². The Morgan fingerprint density at radius 2 is 2.14 bits per heavy atom. The van der Waals surface area contributed by atoms with Gasteiger partial charge in [0.1, 0.15) is 6.33 Å². The Hall–Kier alpha value is -1.54. The summed E-state index contributed by atoms with van der Waals surface area (Å²) in [5, 5.41) is 9.51. The summed E-state index contributed by atoms with van der Waals surface area (Å²) >= 11 is 5.90. The summed E-state index contributed by atoms with van der Waals surface area (Å²) in [6.07, 6.45) is 2.88. The van der Waals surface area contributed by atoms with Gasteiger partial charge < -0.3 is 5.11 Å². The summed E-state index contributed by atoms with van der Waals surface area (Å²) in [4.78, 5) is 7.76. The van der Waals surface area contributed by atoms with Gasteiger partial charge in [-0.15, -0.1) is 0 Å². The summed E-state index contributed by atoms with van der Waals surface area (Å²) in [5.74, 6) is 0. The second-order valence-corrected chi connectivity index (χ2v) is 6.54. The lowest BCUT2D eigenvalue weighted by molar-refractivity contribution is 0.280. The lowest BCUT2D eigenvalue weighted by Crippen LogP contribution is -2.24. The van der Waals surface area contributed by atoms with Crippen LogP contribution in [0.15, 0.2) is 35.6 Å². The third-order valence-electron chi connectivity index (χ3n) is 2.98. The van der Waals surface area contributed by atoms with E-state index < -0.39 is 10.0 Å². The molecule has 8 heteroatoms. The molecule has 2 rings (SSSR count). The molecule has 6 nitrogen and oxygen atoms in total. The largest absolute Gasteiger partial charge is 0.392 e. The van der Waals surface area contributed by atoms with Crippen LogP contribution in [-0.4, -0.2) is 23.5 Å². The van der Waals surface area contributed by atoms with Crippen LogP contribution in [0, 0.1) is 6.92 Å². The number of halogens is 1. The summed E-state index contributed by atoms with van der Waals surface area (Å²) in [6.45, 7) is 1.40. The number of aliphatic hydroxyl groups excluding tert-OH is 1. The molecular weight excluding hydrogens is 314 g/mol. The molecular formula is C13H14ClN3O3S. The van der Waals surface area contributed by atoms with Crippen molar-refractivity contribution in [2.75, 3.05) is 0 Å². The molecule has 112 valence electrons. The van der Waals surface area contributed by atoms with Crippen LogP contribution >= 0.6 is 11.6 Å². The van der Waals surface area contributed by atoms with E-state index in [4.69, 9.17) is 11.6 Å². The first-order valence-corrected chi connectivity index (χ1v) is 7.94. The molecule has 1 heterocycles. The van der Waals surface area contributed by atoms with Gasteiger partial charge in [-0.25, -0.2) is 23.1 Å². The van der Waals surface area contributed by atoms with E-state index in [0.29, 0.717) is 16.8 Å². The smallest absolute Gasteiger partial charge is 0.241 e. The molecule has 0 unspecified atom stereocenters. The van der Waals surface area contributed by atoms with E-state index in [9.17, 15) is 13.5 Å². The SMILES string of the molecule is Cc1c(CO)cc(Cl)cc1S(=O)(=O)NCc1ccncn1. The van der Waals surface area contributed by atoms with Gasteiger partial charge in [0.25, 0.3) is 0 Å². The second kappa shape index (κ2) is 6.48. The van der Waals surface area contributed by atoms with Crippen molar-refractivity contribution in [3.63, 3.8) is 0 Å². The first-order valence-electron chi connectivity index (χ1n) is 6.08. The van der Waals surface area contributed by atoms with Crippen LogP contribution in [0.25, 0.3) is 0 Å². The van der Waals surface area contributed by atoms with Crippen LogP contribution in [0.2, 0.25) is 5.02 Å². The molecule has 2 N–H and O–H groups in total. The van der Waals surface area contributed by atoms with E-state index in [1.165, 1.54) is 18.6 Å².